The quantitative estimate of drug-likeness (QED) is 0.294. The summed E-state index contributed by atoms with van der Waals surface area (Å²) in [6.45, 7) is 0.251. The van der Waals surface area contributed by atoms with Crippen LogP contribution in [0.15, 0.2) is 55.2 Å². The van der Waals surface area contributed by atoms with Crippen molar-refractivity contribution in [1.82, 2.24) is 4.90 Å². The van der Waals surface area contributed by atoms with Crippen LogP contribution in [0.4, 0.5) is 4.39 Å². The first-order valence-corrected chi connectivity index (χ1v) is 15.6. The molecule has 1 saturated heterocycles. The van der Waals surface area contributed by atoms with Crippen molar-refractivity contribution in [2.24, 2.45) is 4.99 Å². The zero-order valence-corrected chi connectivity index (χ0v) is 24.7. The van der Waals surface area contributed by atoms with E-state index in [-0.39, 0.29) is 24.4 Å². The Labute approximate surface area is 239 Å². The van der Waals surface area contributed by atoms with Gasteiger partial charge in [0.25, 0.3) is 5.91 Å². The maximum Gasteiger partial charge on any atom is 0.266 e. The minimum absolute atomic E-state index is 0.0742. The molecule has 196 valence electrons. The molecule has 2 saturated carbocycles. The van der Waals surface area contributed by atoms with Crippen LogP contribution in [0, 0.1) is 5.82 Å². The van der Waals surface area contributed by atoms with Crippen LogP contribution in [0.25, 0.3) is 6.08 Å². The van der Waals surface area contributed by atoms with Gasteiger partial charge in [-0.2, -0.15) is 0 Å². The van der Waals surface area contributed by atoms with E-state index in [9.17, 15) is 9.18 Å². The van der Waals surface area contributed by atoms with E-state index in [1.165, 1.54) is 62.4 Å². The second-order valence-corrected chi connectivity index (χ2v) is 12.7. The Kier molecular flexibility index (Phi) is 9.09. The van der Waals surface area contributed by atoms with Gasteiger partial charge >= 0.3 is 0 Å². The number of nitrogens with zero attached hydrogens (tertiary/aromatic N) is 2. The Morgan fingerprint density at radius 3 is 2.35 bits per heavy atom. The number of benzene rings is 2. The van der Waals surface area contributed by atoms with E-state index in [1.54, 1.807) is 6.07 Å². The lowest BCUT2D eigenvalue weighted by molar-refractivity contribution is -0.124. The number of thioether (sulfide) groups is 1. The summed E-state index contributed by atoms with van der Waals surface area (Å²) in [5.74, 6) is 0.430. The average Bonchev–Trinajstić information content (AvgIpc) is 3.18. The highest BCUT2D eigenvalue weighted by atomic mass is 79.9. The molecular formula is C29H31Br2FN2O2S. The Bertz CT molecular complexity index is 1180. The molecule has 3 fully saturated rings. The summed E-state index contributed by atoms with van der Waals surface area (Å²) in [4.78, 5) is 21.5. The van der Waals surface area contributed by atoms with Crippen molar-refractivity contribution in [3.8, 4) is 5.75 Å². The van der Waals surface area contributed by atoms with Gasteiger partial charge < -0.3 is 4.74 Å². The summed E-state index contributed by atoms with van der Waals surface area (Å²) in [6, 6.07) is 10.9. The van der Waals surface area contributed by atoms with Crippen molar-refractivity contribution in [2.45, 2.75) is 82.9 Å². The number of amidine groups is 1. The lowest BCUT2D eigenvalue weighted by atomic mass is 9.94. The highest BCUT2D eigenvalue weighted by molar-refractivity contribution is 9.11. The molecule has 8 heteroatoms. The van der Waals surface area contributed by atoms with Gasteiger partial charge in [-0.25, -0.2) is 4.39 Å². The summed E-state index contributed by atoms with van der Waals surface area (Å²) >= 11 is 8.76. The predicted molar refractivity (Wildman–Crippen MR) is 156 cm³/mol. The second kappa shape index (κ2) is 12.5. The fourth-order valence-electron chi connectivity index (χ4n) is 5.34. The van der Waals surface area contributed by atoms with Crippen molar-refractivity contribution < 1.29 is 13.9 Å². The topological polar surface area (TPSA) is 41.9 Å². The Morgan fingerprint density at radius 2 is 1.68 bits per heavy atom. The van der Waals surface area contributed by atoms with Crippen LogP contribution in [0.1, 0.15) is 75.3 Å². The molecule has 0 aromatic heterocycles. The molecule has 0 radical (unpaired) electrons. The van der Waals surface area contributed by atoms with Crippen LogP contribution in [0.3, 0.4) is 0 Å². The largest absolute Gasteiger partial charge is 0.487 e. The van der Waals surface area contributed by atoms with E-state index in [0.717, 1.165) is 50.9 Å². The normalized spacial score (nSPS) is 21.8. The molecule has 1 aliphatic heterocycles. The van der Waals surface area contributed by atoms with Gasteiger partial charge in [0, 0.05) is 6.04 Å². The maximum absolute atomic E-state index is 13.7. The molecule has 1 amide bonds. The van der Waals surface area contributed by atoms with Gasteiger partial charge in [-0.15, -0.1) is 0 Å². The molecule has 5 rings (SSSR count). The van der Waals surface area contributed by atoms with E-state index in [2.05, 4.69) is 31.9 Å². The van der Waals surface area contributed by atoms with E-state index < -0.39 is 0 Å². The van der Waals surface area contributed by atoms with Gasteiger partial charge in [0.2, 0.25) is 0 Å². The molecule has 3 aliphatic rings. The fourth-order valence-corrected chi connectivity index (χ4v) is 7.90. The highest BCUT2D eigenvalue weighted by Crippen LogP contribution is 2.40. The van der Waals surface area contributed by atoms with Crippen LogP contribution in [0.2, 0.25) is 0 Å². The predicted octanol–water partition coefficient (Wildman–Crippen LogP) is 8.87. The van der Waals surface area contributed by atoms with E-state index in [0.29, 0.717) is 16.7 Å². The van der Waals surface area contributed by atoms with Gasteiger partial charge in [-0.3, -0.25) is 14.7 Å². The Morgan fingerprint density at radius 1 is 1.00 bits per heavy atom. The number of hydrogen-bond acceptors (Lipinski definition) is 4. The van der Waals surface area contributed by atoms with Gasteiger partial charge in [-0.1, -0.05) is 50.7 Å². The summed E-state index contributed by atoms with van der Waals surface area (Å²) in [6.07, 6.45) is 13.6. The van der Waals surface area contributed by atoms with Crippen molar-refractivity contribution >= 4 is 60.8 Å². The lowest BCUT2D eigenvalue weighted by Gasteiger charge is -2.31. The first kappa shape index (κ1) is 26.9. The van der Waals surface area contributed by atoms with E-state index >= 15 is 0 Å². The van der Waals surface area contributed by atoms with Gasteiger partial charge in [0.1, 0.15) is 18.2 Å². The van der Waals surface area contributed by atoms with Crippen LogP contribution in [0.5, 0.6) is 5.75 Å². The SMILES string of the molecule is O=C1C(=Cc2cc(Br)c(OCc3cccc(F)c3)c(Br)c2)SC(=NC2CCCCC2)N1C1CCCCC1. The number of ether oxygens (including phenoxy) is 1. The minimum atomic E-state index is -0.284. The van der Waals surface area contributed by atoms with E-state index in [1.807, 2.05) is 29.2 Å². The molecule has 37 heavy (non-hydrogen) atoms. The van der Waals surface area contributed by atoms with Crippen molar-refractivity contribution in [1.29, 1.82) is 0 Å². The molecule has 0 atom stereocenters. The highest BCUT2D eigenvalue weighted by Gasteiger charge is 2.39. The first-order chi connectivity index (χ1) is 18.0. The molecule has 0 spiro atoms. The first-order valence-electron chi connectivity index (χ1n) is 13.1. The van der Waals surface area contributed by atoms with Crippen LogP contribution in [-0.4, -0.2) is 28.1 Å². The van der Waals surface area contributed by atoms with Gasteiger partial charge in [0.05, 0.1) is 19.9 Å². The number of rotatable bonds is 6. The molecule has 2 aromatic carbocycles. The average molecular weight is 650 g/mol. The minimum Gasteiger partial charge on any atom is -0.487 e. The zero-order valence-electron chi connectivity index (χ0n) is 20.7. The number of hydrogen-bond donors (Lipinski definition) is 0. The molecule has 0 bridgehead atoms. The molecule has 2 aromatic rings. The molecule has 4 nitrogen and oxygen atoms in total. The van der Waals surface area contributed by atoms with Crippen molar-refractivity contribution in [3.05, 3.63) is 67.2 Å². The Hall–Kier alpha value is -1.64. The number of carbonyl (C=O) groups excluding carboxylic acids is 1. The number of halogens is 3. The molecule has 0 N–H and O–H groups in total. The van der Waals surface area contributed by atoms with Gasteiger partial charge in [0.15, 0.2) is 5.17 Å². The monoisotopic (exact) mass is 648 g/mol. The number of amides is 1. The third-order valence-corrected chi connectivity index (χ3v) is 9.41. The molecule has 1 heterocycles. The maximum atomic E-state index is 13.7. The summed E-state index contributed by atoms with van der Waals surface area (Å²) in [7, 11) is 0. The third-order valence-electron chi connectivity index (χ3n) is 7.24. The molecule has 2 aliphatic carbocycles. The van der Waals surface area contributed by atoms with Crippen LogP contribution >= 0.6 is 43.6 Å². The third kappa shape index (κ3) is 6.69. The zero-order chi connectivity index (χ0) is 25.8. The van der Waals surface area contributed by atoms with Crippen LogP contribution < -0.4 is 4.74 Å². The standard InChI is InChI=1S/C29H31Br2FN2O2S/c30-24-15-20(16-25(31)27(24)36-18-19-8-7-9-21(32)14-19)17-26-28(35)34(23-12-5-2-6-13-23)29(37-26)33-22-10-3-1-4-11-22/h7-9,14-17,22-23H,1-6,10-13,18H2. The fraction of sp³-hybridized carbons (Fsp3) is 0.448. The summed E-state index contributed by atoms with van der Waals surface area (Å²) < 4.78 is 21.0. The Balaban J connectivity index is 1.37. The van der Waals surface area contributed by atoms with Crippen molar-refractivity contribution in [2.75, 3.05) is 0 Å². The van der Waals surface area contributed by atoms with Crippen LogP contribution in [-0.2, 0) is 11.4 Å². The van der Waals surface area contributed by atoms with Crippen molar-refractivity contribution in [3.63, 3.8) is 0 Å². The molecule has 0 unspecified atom stereocenters. The number of carbonyl (C=O) groups is 1. The van der Waals surface area contributed by atoms with Gasteiger partial charge in [-0.05, 0) is 111 Å². The number of aliphatic imine (C=N–C) groups is 1. The lowest BCUT2D eigenvalue weighted by Crippen LogP contribution is -2.41. The smallest absolute Gasteiger partial charge is 0.266 e. The summed E-state index contributed by atoms with van der Waals surface area (Å²) in [5, 5.41) is 0.892. The van der Waals surface area contributed by atoms with E-state index in [4.69, 9.17) is 9.73 Å². The molecular weight excluding hydrogens is 619 g/mol. The summed E-state index contributed by atoms with van der Waals surface area (Å²) in [5.41, 5.74) is 1.65. The second-order valence-electron chi connectivity index (χ2n) is 10.0.